The highest BCUT2D eigenvalue weighted by Gasteiger charge is 2.35. The minimum absolute atomic E-state index is 0.0181. The summed E-state index contributed by atoms with van der Waals surface area (Å²) >= 11 is 0. The molecule has 0 amide bonds. The van der Waals surface area contributed by atoms with E-state index in [4.69, 9.17) is 5.73 Å². The van der Waals surface area contributed by atoms with Gasteiger partial charge in [0.1, 0.15) is 0 Å². The van der Waals surface area contributed by atoms with Crippen molar-refractivity contribution in [1.82, 2.24) is 0 Å². The zero-order chi connectivity index (χ0) is 10.9. The fourth-order valence-corrected chi connectivity index (χ4v) is 3.75. The monoisotopic (exact) mass is 221 g/mol. The fraction of sp³-hybridized carbons (Fsp3) is 1.00. The zero-order valence-electron chi connectivity index (χ0n) is 8.68. The first-order valence-electron chi connectivity index (χ1n) is 4.97. The Morgan fingerprint density at radius 3 is 2.36 bits per heavy atom. The summed E-state index contributed by atoms with van der Waals surface area (Å²) in [5.41, 5.74) is 5.92. The minimum Gasteiger partial charge on any atom is -0.393 e. The van der Waals surface area contributed by atoms with Gasteiger partial charge in [-0.25, -0.2) is 8.42 Å². The highest BCUT2D eigenvalue weighted by atomic mass is 32.2. The van der Waals surface area contributed by atoms with Crippen LogP contribution in [0.4, 0.5) is 0 Å². The van der Waals surface area contributed by atoms with Gasteiger partial charge in [-0.2, -0.15) is 0 Å². The molecule has 4 unspecified atom stereocenters. The predicted molar refractivity (Wildman–Crippen MR) is 55.6 cm³/mol. The summed E-state index contributed by atoms with van der Waals surface area (Å²) in [6.45, 7) is 3.55. The third-order valence-corrected chi connectivity index (χ3v) is 4.97. The van der Waals surface area contributed by atoms with Gasteiger partial charge in [0.05, 0.1) is 17.6 Å². The Labute approximate surface area is 85.4 Å². The van der Waals surface area contributed by atoms with Crippen molar-refractivity contribution in [3.63, 3.8) is 0 Å². The summed E-state index contributed by atoms with van der Waals surface area (Å²) in [6, 6.07) is -0.215. The van der Waals surface area contributed by atoms with Crippen LogP contribution in [0.5, 0.6) is 0 Å². The molecule has 0 radical (unpaired) electrons. The van der Waals surface area contributed by atoms with Crippen LogP contribution < -0.4 is 5.73 Å². The van der Waals surface area contributed by atoms with E-state index in [1.54, 1.807) is 6.92 Å². The third kappa shape index (κ3) is 2.68. The van der Waals surface area contributed by atoms with Gasteiger partial charge < -0.3 is 10.8 Å². The quantitative estimate of drug-likeness (QED) is 0.689. The van der Waals surface area contributed by atoms with Gasteiger partial charge in [0.2, 0.25) is 0 Å². The Morgan fingerprint density at radius 2 is 2.00 bits per heavy atom. The van der Waals surface area contributed by atoms with Gasteiger partial charge in [0.15, 0.2) is 9.84 Å². The molecule has 1 aliphatic rings. The molecule has 0 spiro atoms. The number of aliphatic hydroxyl groups is 1. The van der Waals surface area contributed by atoms with E-state index in [9.17, 15) is 13.5 Å². The van der Waals surface area contributed by atoms with Crippen molar-refractivity contribution in [2.24, 2.45) is 17.6 Å². The average Bonchev–Trinajstić information content (AvgIpc) is 2.43. The molecule has 3 N–H and O–H groups in total. The van der Waals surface area contributed by atoms with E-state index in [0.29, 0.717) is 6.42 Å². The molecule has 0 bridgehead atoms. The molecule has 0 aromatic rings. The first-order valence-corrected chi connectivity index (χ1v) is 6.79. The van der Waals surface area contributed by atoms with E-state index >= 15 is 0 Å². The van der Waals surface area contributed by atoms with Crippen LogP contribution in [-0.2, 0) is 9.84 Å². The van der Waals surface area contributed by atoms with Gasteiger partial charge in [0, 0.05) is 6.04 Å². The molecule has 0 aromatic heterocycles. The predicted octanol–water partition coefficient (Wildman–Crippen LogP) is -0.235. The second-order valence-corrected chi connectivity index (χ2v) is 6.57. The first kappa shape index (κ1) is 11.9. The number of nitrogens with two attached hydrogens (primary N) is 1. The molecule has 1 aliphatic heterocycles. The summed E-state index contributed by atoms with van der Waals surface area (Å²) in [7, 11) is -2.86. The summed E-state index contributed by atoms with van der Waals surface area (Å²) in [6.07, 6.45) is 0.161. The molecule has 1 heterocycles. The van der Waals surface area contributed by atoms with Crippen molar-refractivity contribution in [2.75, 3.05) is 11.5 Å². The average molecular weight is 221 g/mol. The van der Waals surface area contributed by atoms with Crippen molar-refractivity contribution >= 4 is 9.84 Å². The Kier molecular flexibility index (Phi) is 3.55. The number of hydrogen-bond donors (Lipinski definition) is 2. The van der Waals surface area contributed by atoms with E-state index in [1.165, 1.54) is 0 Å². The molecule has 4 atom stereocenters. The van der Waals surface area contributed by atoms with Crippen LogP contribution >= 0.6 is 0 Å². The molecule has 1 rings (SSSR count). The number of sulfone groups is 1. The largest absolute Gasteiger partial charge is 0.393 e. The molecule has 4 nitrogen and oxygen atoms in total. The van der Waals surface area contributed by atoms with Crippen molar-refractivity contribution in [3.05, 3.63) is 0 Å². The lowest BCUT2D eigenvalue weighted by molar-refractivity contribution is 0.107. The highest BCUT2D eigenvalue weighted by molar-refractivity contribution is 7.91. The van der Waals surface area contributed by atoms with E-state index < -0.39 is 15.9 Å². The number of hydrogen-bond acceptors (Lipinski definition) is 4. The maximum Gasteiger partial charge on any atom is 0.150 e. The highest BCUT2D eigenvalue weighted by Crippen LogP contribution is 2.25. The molecule has 0 saturated carbocycles. The lowest BCUT2D eigenvalue weighted by atomic mass is 9.87. The van der Waals surface area contributed by atoms with Crippen LogP contribution in [0.25, 0.3) is 0 Å². The van der Waals surface area contributed by atoms with Gasteiger partial charge in [-0.05, 0) is 25.2 Å². The Hall–Kier alpha value is -0.130. The van der Waals surface area contributed by atoms with Crippen LogP contribution in [0.15, 0.2) is 0 Å². The smallest absolute Gasteiger partial charge is 0.150 e. The van der Waals surface area contributed by atoms with Crippen molar-refractivity contribution < 1.29 is 13.5 Å². The van der Waals surface area contributed by atoms with Gasteiger partial charge in [-0.1, -0.05) is 6.92 Å². The Morgan fingerprint density at radius 1 is 1.43 bits per heavy atom. The third-order valence-electron chi connectivity index (χ3n) is 3.18. The maximum atomic E-state index is 11.2. The van der Waals surface area contributed by atoms with E-state index in [1.807, 2.05) is 6.92 Å². The maximum absolute atomic E-state index is 11.2. The number of rotatable bonds is 3. The lowest BCUT2D eigenvalue weighted by Crippen LogP contribution is -2.41. The second kappa shape index (κ2) is 4.16. The summed E-state index contributed by atoms with van der Waals surface area (Å²) < 4.78 is 22.4. The molecular formula is C9H19NO3S. The van der Waals surface area contributed by atoms with Gasteiger partial charge in [-0.15, -0.1) is 0 Å². The van der Waals surface area contributed by atoms with Crippen LogP contribution in [0.1, 0.15) is 20.3 Å². The van der Waals surface area contributed by atoms with Crippen LogP contribution in [0, 0.1) is 11.8 Å². The SMILES string of the molecule is CC(O)C(C)C(N)C1CCS(=O)(=O)C1. The normalized spacial score (nSPS) is 32.4. The van der Waals surface area contributed by atoms with Crippen LogP contribution in [0.3, 0.4) is 0 Å². The fourth-order valence-electron chi connectivity index (χ4n) is 1.88. The summed E-state index contributed by atoms with van der Waals surface area (Å²) in [4.78, 5) is 0. The number of aliphatic hydroxyl groups excluding tert-OH is 1. The Balaban J connectivity index is 2.59. The first-order chi connectivity index (χ1) is 6.33. The van der Waals surface area contributed by atoms with Gasteiger partial charge >= 0.3 is 0 Å². The summed E-state index contributed by atoms with van der Waals surface area (Å²) in [5.74, 6) is 0.404. The second-order valence-electron chi connectivity index (χ2n) is 4.34. The van der Waals surface area contributed by atoms with Gasteiger partial charge in [0.25, 0.3) is 0 Å². The molecule has 84 valence electrons. The topological polar surface area (TPSA) is 80.4 Å². The lowest BCUT2D eigenvalue weighted by Gasteiger charge is -2.26. The van der Waals surface area contributed by atoms with Crippen molar-refractivity contribution in [3.8, 4) is 0 Å². The van der Waals surface area contributed by atoms with E-state index in [-0.39, 0.29) is 29.4 Å². The van der Waals surface area contributed by atoms with Crippen LogP contribution in [-0.4, -0.2) is 37.2 Å². The molecule has 5 heteroatoms. The zero-order valence-corrected chi connectivity index (χ0v) is 9.50. The molecule has 14 heavy (non-hydrogen) atoms. The Bertz CT molecular complexity index is 286. The summed E-state index contributed by atoms with van der Waals surface area (Å²) in [5, 5.41) is 9.35. The minimum atomic E-state index is -2.86. The van der Waals surface area contributed by atoms with Crippen LogP contribution in [0.2, 0.25) is 0 Å². The standard InChI is InChI=1S/C9H19NO3S/c1-6(7(2)11)9(10)8-3-4-14(12,13)5-8/h6-9,11H,3-5,10H2,1-2H3. The van der Waals surface area contributed by atoms with E-state index in [0.717, 1.165) is 0 Å². The van der Waals surface area contributed by atoms with Crippen molar-refractivity contribution in [2.45, 2.75) is 32.4 Å². The molecular weight excluding hydrogens is 202 g/mol. The molecule has 1 saturated heterocycles. The molecule has 1 fully saturated rings. The van der Waals surface area contributed by atoms with E-state index in [2.05, 4.69) is 0 Å². The van der Waals surface area contributed by atoms with Gasteiger partial charge in [-0.3, -0.25) is 0 Å². The van der Waals surface area contributed by atoms with Crippen molar-refractivity contribution in [1.29, 1.82) is 0 Å². The molecule has 0 aliphatic carbocycles. The molecule has 0 aromatic carbocycles.